The number of nitrogens with one attached hydrogen (secondary N) is 2. The zero-order valence-electron chi connectivity index (χ0n) is 8.99. The Morgan fingerprint density at radius 1 is 1.40 bits per heavy atom. The molecule has 6 nitrogen and oxygen atoms in total. The van der Waals surface area contributed by atoms with Gasteiger partial charge in [-0.25, -0.2) is 0 Å². The molecule has 1 amide bonds. The number of hydrogen-bond acceptors (Lipinski definition) is 4. The lowest BCUT2D eigenvalue weighted by molar-refractivity contribution is -0.120. The highest BCUT2D eigenvalue weighted by molar-refractivity contribution is 7.85. The molecule has 0 aliphatic carbocycles. The van der Waals surface area contributed by atoms with Crippen LogP contribution in [0.15, 0.2) is 0 Å². The molecule has 90 valence electrons. The summed E-state index contributed by atoms with van der Waals surface area (Å²) < 4.78 is 29.0. The maximum absolute atomic E-state index is 11.1. The Morgan fingerprint density at radius 2 is 2.00 bits per heavy atom. The lowest BCUT2D eigenvalue weighted by Gasteiger charge is -2.07. The molecule has 0 heterocycles. The summed E-state index contributed by atoms with van der Waals surface area (Å²) in [5.74, 6) is -0.185. The minimum atomic E-state index is -3.94. The minimum absolute atomic E-state index is 0.0578. The van der Waals surface area contributed by atoms with Gasteiger partial charge in [-0.2, -0.15) is 8.42 Å². The molecule has 0 atom stereocenters. The summed E-state index contributed by atoms with van der Waals surface area (Å²) in [6, 6.07) is 0. The van der Waals surface area contributed by atoms with Crippen LogP contribution in [-0.4, -0.2) is 44.3 Å². The Morgan fingerprint density at radius 3 is 2.47 bits per heavy atom. The van der Waals surface area contributed by atoms with Gasteiger partial charge in [0.05, 0.1) is 12.3 Å². The summed E-state index contributed by atoms with van der Waals surface area (Å²) in [7, 11) is -3.94. The second kappa shape index (κ2) is 6.76. The smallest absolute Gasteiger partial charge is 0.266 e. The van der Waals surface area contributed by atoms with Gasteiger partial charge in [0.15, 0.2) is 0 Å². The zero-order valence-corrected chi connectivity index (χ0v) is 9.80. The van der Waals surface area contributed by atoms with Gasteiger partial charge in [-0.15, -0.1) is 0 Å². The number of carbonyl (C=O) groups is 1. The lowest BCUT2D eigenvalue weighted by Crippen LogP contribution is -2.37. The Hall–Kier alpha value is -0.660. The van der Waals surface area contributed by atoms with Crippen LogP contribution >= 0.6 is 0 Å². The lowest BCUT2D eigenvalue weighted by atomic mass is 10.2. The van der Waals surface area contributed by atoms with E-state index in [2.05, 4.69) is 10.6 Å². The van der Waals surface area contributed by atoms with Crippen LogP contribution in [0, 0.1) is 5.92 Å². The van der Waals surface area contributed by atoms with Crippen LogP contribution in [0.2, 0.25) is 0 Å². The first-order chi connectivity index (χ1) is 6.81. The first-order valence-corrected chi connectivity index (χ1v) is 6.35. The van der Waals surface area contributed by atoms with Gasteiger partial charge in [0.2, 0.25) is 5.91 Å². The predicted octanol–water partition coefficient (Wildman–Crippen LogP) is -0.764. The maximum Gasteiger partial charge on any atom is 0.266 e. The second-order valence-corrected chi connectivity index (χ2v) is 5.23. The number of amides is 1. The summed E-state index contributed by atoms with van der Waals surface area (Å²) in [5.41, 5.74) is 0. The number of rotatable bonds is 7. The van der Waals surface area contributed by atoms with Gasteiger partial charge in [0.1, 0.15) is 0 Å². The topological polar surface area (TPSA) is 95.5 Å². The Kier molecular flexibility index (Phi) is 6.46. The zero-order chi connectivity index (χ0) is 11.9. The molecule has 0 saturated heterocycles. The highest BCUT2D eigenvalue weighted by Gasteiger charge is 2.05. The van der Waals surface area contributed by atoms with Crippen molar-refractivity contribution in [2.75, 3.05) is 25.4 Å². The van der Waals surface area contributed by atoms with Crippen molar-refractivity contribution >= 4 is 16.0 Å². The Bertz CT molecular complexity index is 287. The molecule has 0 spiro atoms. The van der Waals surface area contributed by atoms with Gasteiger partial charge < -0.3 is 10.6 Å². The van der Waals surface area contributed by atoms with Crippen LogP contribution in [0.1, 0.15) is 13.8 Å². The predicted molar refractivity (Wildman–Crippen MR) is 57.1 cm³/mol. The normalized spacial score (nSPS) is 11.7. The van der Waals surface area contributed by atoms with Crippen LogP contribution in [-0.2, 0) is 14.9 Å². The van der Waals surface area contributed by atoms with E-state index in [-0.39, 0.29) is 24.7 Å². The molecule has 0 aromatic heterocycles. The van der Waals surface area contributed by atoms with Gasteiger partial charge in [-0.1, -0.05) is 13.8 Å². The van der Waals surface area contributed by atoms with Crippen LogP contribution in [0.25, 0.3) is 0 Å². The Labute approximate surface area is 90.2 Å². The molecule has 0 rings (SSSR count). The molecule has 0 bridgehead atoms. The molecule has 0 saturated carbocycles. The van der Waals surface area contributed by atoms with E-state index < -0.39 is 10.1 Å². The Balaban J connectivity index is 3.48. The van der Waals surface area contributed by atoms with Gasteiger partial charge in [-0.05, 0) is 5.92 Å². The van der Waals surface area contributed by atoms with Crippen molar-refractivity contribution in [1.82, 2.24) is 10.6 Å². The highest BCUT2D eigenvalue weighted by atomic mass is 32.2. The molecule has 0 aliphatic heterocycles. The molecular formula is C8H18N2O4S. The first kappa shape index (κ1) is 14.3. The van der Waals surface area contributed by atoms with Gasteiger partial charge in [-0.3, -0.25) is 9.35 Å². The molecule has 3 N–H and O–H groups in total. The molecular weight excluding hydrogens is 220 g/mol. The standard InChI is InChI=1S/C8H18N2O4S/c1-7(2)5-10-8(11)6-9-3-4-15(12,13)14/h7,9H,3-6H2,1-2H3,(H,10,11)(H,12,13,14). The van der Waals surface area contributed by atoms with Gasteiger partial charge in [0, 0.05) is 13.1 Å². The van der Waals surface area contributed by atoms with E-state index in [0.717, 1.165) is 0 Å². The molecule has 15 heavy (non-hydrogen) atoms. The average molecular weight is 238 g/mol. The summed E-state index contributed by atoms with van der Waals surface area (Å²) in [4.78, 5) is 11.1. The largest absolute Gasteiger partial charge is 0.355 e. The summed E-state index contributed by atoms with van der Waals surface area (Å²) in [6.45, 7) is 4.67. The molecule has 0 unspecified atom stereocenters. The van der Waals surface area contributed by atoms with E-state index in [1.807, 2.05) is 13.8 Å². The van der Waals surface area contributed by atoms with E-state index in [4.69, 9.17) is 4.55 Å². The van der Waals surface area contributed by atoms with Crippen LogP contribution in [0.4, 0.5) is 0 Å². The molecule has 0 aliphatic rings. The molecule has 0 aromatic carbocycles. The summed E-state index contributed by atoms with van der Waals surface area (Å²) in [5, 5.41) is 5.28. The van der Waals surface area contributed by atoms with Crippen molar-refractivity contribution < 1.29 is 17.8 Å². The minimum Gasteiger partial charge on any atom is -0.355 e. The third-order valence-corrected chi connectivity index (χ3v) is 2.25. The molecule has 0 radical (unpaired) electrons. The number of hydrogen-bond donors (Lipinski definition) is 3. The van der Waals surface area contributed by atoms with E-state index >= 15 is 0 Å². The fraction of sp³-hybridized carbons (Fsp3) is 0.875. The van der Waals surface area contributed by atoms with E-state index in [9.17, 15) is 13.2 Å². The molecule has 7 heteroatoms. The van der Waals surface area contributed by atoms with Crippen LogP contribution in [0.5, 0.6) is 0 Å². The second-order valence-electron chi connectivity index (χ2n) is 3.66. The van der Waals surface area contributed by atoms with E-state index in [1.54, 1.807) is 0 Å². The number of carbonyl (C=O) groups excluding carboxylic acids is 1. The summed E-state index contributed by atoms with van der Waals surface area (Å²) >= 11 is 0. The van der Waals surface area contributed by atoms with Gasteiger partial charge in [0.25, 0.3) is 10.1 Å². The van der Waals surface area contributed by atoms with Crippen molar-refractivity contribution in [3.8, 4) is 0 Å². The van der Waals surface area contributed by atoms with Gasteiger partial charge >= 0.3 is 0 Å². The third kappa shape index (κ3) is 11.3. The van der Waals surface area contributed by atoms with Crippen molar-refractivity contribution in [3.63, 3.8) is 0 Å². The average Bonchev–Trinajstić information content (AvgIpc) is 2.07. The fourth-order valence-corrected chi connectivity index (χ4v) is 1.19. The fourth-order valence-electron chi connectivity index (χ4n) is 0.784. The van der Waals surface area contributed by atoms with E-state index in [1.165, 1.54) is 0 Å². The first-order valence-electron chi connectivity index (χ1n) is 4.74. The van der Waals surface area contributed by atoms with Crippen molar-refractivity contribution in [2.24, 2.45) is 5.92 Å². The monoisotopic (exact) mass is 238 g/mol. The van der Waals surface area contributed by atoms with Crippen LogP contribution < -0.4 is 10.6 Å². The highest BCUT2D eigenvalue weighted by Crippen LogP contribution is 1.86. The molecule has 0 fully saturated rings. The van der Waals surface area contributed by atoms with E-state index in [0.29, 0.717) is 12.5 Å². The summed E-state index contributed by atoms with van der Waals surface area (Å²) in [6.07, 6.45) is 0. The SMILES string of the molecule is CC(C)CNC(=O)CNCCS(=O)(=O)O. The van der Waals surface area contributed by atoms with Crippen LogP contribution in [0.3, 0.4) is 0 Å². The maximum atomic E-state index is 11.1. The van der Waals surface area contributed by atoms with Crippen molar-refractivity contribution in [3.05, 3.63) is 0 Å². The third-order valence-electron chi connectivity index (χ3n) is 1.53. The van der Waals surface area contributed by atoms with Crippen molar-refractivity contribution in [1.29, 1.82) is 0 Å². The quantitative estimate of drug-likeness (QED) is 0.400. The molecule has 0 aromatic rings. The van der Waals surface area contributed by atoms with Crippen molar-refractivity contribution in [2.45, 2.75) is 13.8 Å².